The van der Waals surface area contributed by atoms with Crippen LogP contribution in [-0.2, 0) is 19.1 Å². The number of carbonyl (C=O) groups is 2. The first-order valence-electron chi connectivity index (χ1n) is 20.4. The van der Waals surface area contributed by atoms with E-state index in [2.05, 4.69) is 25.7 Å². The quantitative estimate of drug-likeness (QED) is 0.0529. The summed E-state index contributed by atoms with van der Waals surface area (Å²) in [5.74, 6) is 0.738. The first-order valence-corrected chi connectivity index (χ1v) is 20.4. The summed E-state index contributed by atoms with van der Waals surface area (Å²) >= 11 is 0. The molecule has 0 radical (unpaired) electrons. The van der Waals surface area contributed by atoms with Crippen LogP contribution >= 0.6 is 0 Å². The standard InChI is InChI=1S/C41H81NO5/c1-6-7-8-9-10-18-28-37-47-40(45)41(4,5)31-22-15-17-24-33-42(34-25-26-35-43)32-23-16-11-14-21-30-39(44)46-36-27-19-12-13-20-29-38(2)3/h38,43H,6-37H2,1-5H3. The zero-order valence-electron chi connectivity index (χ0n) is 32.2. The van der Waals surface area contributed by atoms with Gasteiger partial charge in [-0.2, -0.15) is 0 Å². The van der Waals surface area contributed by atoms with Gasteiger partial charge in [-0.3, -0.25) is 9.59 Å². The molecule has 0 aliphatic carbocycles. The van der Waals surface area contributed by atoms with Gasteiger partial charge in [-0.1, -0.05) is 130 Å². The van der Waals surface area contributed by atoms with Crippen molar-refractivity contribution in [3.8, 4) is 0 Å². The van der Waals surface area contributed by atoms with Crippen molar-refractivity contribution in [3.63, 3.8) is 0 Å². The van der Waals surface area contributed by atoms with Gasteiger partial charge in [0.1, 0.15) is 0 Å². The second-order valence-corrected chi connectivity index (χ2v) is 15.3. The van der Waals surface area contributed by atoms with Crippen LogP contribution in [0.2, 0.25) is 0 Å². The van der Waals surface area contributed by atoms with Gasteiger partial charge in [0.2, 0.25) is 0 Å². The van der Waals surface area contributed by atoms with Gasteiger partial charge in [0.15, 0.2) is 0 Å². The minimum atomic E-state index is -0.399. The van der Waals surface area contributed by atoms with Gasteiger partial charge in [-0.25, -0.2) is 0 Å². The van der Waals surface area contributed by atoms with Crippen molar-refractivity contribution in [2.24, 2.45) is 11.3 Å². The van der Waals surface area contributed by atoms with E-state index in [1.807, 2.05) is 13.8 Å². The van der Waals surface area contributed by atoms with Crippen LogP contribution in [0.25, 0.3) is 0 Å². The molecule has 0 spiro atoms. The fourth-order valence-corrected chi connectivity index (χ4v) is 6.14. The van der Waals surface area contributed by atoms with Gasteiger partial charge in [0, 0.05) is 13.0 Å². The summed E-state index contributed by atoms with van der Waals surface area (Å²) in [5, 5.41) is 9.23. The van der Waals surface area contributed by atoms with Crippen LogP contribution in [0, 0.1) is 11.3 Å². The molecule has 280 valence electrons. The van der Waals surface area contributed by atoms with Gasteiger partial charge in [0.05, 0.1) is 18.6 Å². The monoisotopic (exact) mass is 668 g/mol. The summed E-state index contributed by atoms with van der Waals surface area (Å²) in [7, 11) is 0. The number of carbonyl (C=O) groups excluding carboxylic acids is 2. The van der Waals surface area contributed by atoms with E-state index in [1.165, 1.54) is 89.9 Å². The Morgan fingerprint density at radius 3 is 1.64 bits per heavy atom. The minimum absolute atomic E-state index is 0.0258. The molecule has 0 atom stereocenters. The SMILES string of the molecule is CCCCCCCCCOC(=O)C(C)(C)CCCCCCN(CCCCO)CCCCCCCC(=O)OCCCCCCCC(C)C. The molecule has 0 aliphatic heterocycles. The number of aliphatic hydroxyl groups is 1. The molecule has 1 N–H and O–H groups in total. The molecule has 0 rings (SSSR count). The number of hydrogen-bond acceptors (Lipinski definition) is 6. The van der Waals surface area contributed by atoms with Crippen LogP contribution in [-0.4, -0.2) is 61.4 Å². The topological polar surface area (TPSA) is 76.1 Å². The van der Waals surface area contributed by atoms with Gasteiger partial charge in [-0.05, 0) is 90.8 Å². The maximum Gasteiger partial charge on any atom is 0.311 e. The molecule has 0 bridgehead atoms. The van der Waals surface area contributed by atoms with Gasteiger partial charge >= 0.3 is 11.9 Å². The fourth-order valence-electron chi connectivity index (χ4n) is 6.14. The van der Waals surface area contributed by atoms with Crippen LogP contribution in [0.3, 0.4) is 0 Å². The number of esters is 2. The van der Waals surface area contributed by atoms with Gasteiger partial charge in [0.25, 0.3) is 0 Å². The van der Waals surface area contributed by atoms with E-state index in [9.17, 15) is 14.7 Å². The lowest BCUT2D eigenvalue weighted by molar-refractivity contribution is -0.154. The van der Waals surface area contributed by atoms with E-state index in [1.54, 1.807) is 0 Å². The molecule has 0 aromatic rings. The lowest BCUT2D eigenvalue weighted by Gasteiger charge is -2.23. The number of ether oxygens (including phenoxy) is 2. The van der Waals surface area contributed by atoms with Crippen molar-refractivity contribution in [2.75, 3.05) is 39.5 Å². The normalized spacial score (nSPS) is 11.9. The molecule has 6 nitrogen and oxygen atoms in total. The Labute approximate surface area is 292 Å². The predicted octanol–water partition coefficient (Wildman–Crippen LogP) is 11.2. The van der Waals surface area contributed by atoms with Crippen molar-refractivity contribution in [2.45, 2.75) is 202 Å². The van der Waals surface area contributed by atoms with Crippen molar-refractivity contribution >= 4 is 11.9 Å². The second-order valence-electron chi connectivity index (χ2n) is 15.3. The molecular weight excluding hydrogens is 586 g/mol. The molecule has 47 heavy (non-hydrogen) atoms. The molecule has 0 unspecified atom stereocenters. The van der Waals surface area contributed by atoms with Crippen LogP contribution < -0.4 is 0 Å². The van der Waals surface area contributed by atoms with Gasteiger partial charge < -0.3 is 19.5 Å². The Hall–Kier alpha value is -1.14. The van der Waals surface area contributed by atoms with E-state index in [0.717, 1.165) is 96.2 Å². The van der Waals surface area contributed by atoms with E-state index < -0.39 is 5.41 Å². The van der Waals surface area contributed by atoms with Crippen molar-refractivity contribution in [1.82, 2.24) is 4.90 Å². The van der Waals surface area contributed by atoms with Crippen molar-refractivity contribution < 1.29 is 24.2 Å². The molecule has 0 heterocycles. The Morgan fingerprint density at radius 2 is 1.06 bits per heavy atom. The molecular formula is C41H81NO5. The third-order valence-electron chi connectivity index (χ3n) is 9.49. The maximum absolute atomic E-state index is 12.6. The highest BCUT2D eigenvalue weighted by molar-refractivity contribution is 5.75. The van der Waals surface area contributed by atoms with E-state index >= 15 is 0 Å². The van der Waals surface area contributed by atoms with Crippen LogP contribution in [0.5, 0.6) is 0 Å². The minimum Gasteiger partial charge on any atom is -0.466 e. The molecule has 0 saturated carbocycles. The summed E-state index contributed by atoms with van der Waals surface area (Å²) in [5.41, 5.74) is -0.399. The van der Waals surface area contributed by atoms with Gasteiger partial charge in [-0.15, -0.1) is 0 Å². The average Bonchev–Trinajstić information content (AvgIpc) is 3.04. The van der Waals surface area contributed by atoms with E-state index in [4.69, 9.17) is 9.47 Å². The maximum atomic E-state index is 12.6. The highest BCUT2D eigenvalue weighted by Crippen LogP contribution is 2.26. The average molecular weight is 668 g/mol. The summed E-state index contributed by atoms with van der Waals surface area (Å²) < 4.78 is 11.1. The Kier molecular flexibility index (Phi) is 32.6. The zero-order valence-corrected chi connectivity index (χ0v) is 32.2. The third kappa shape index (κ3) is 31.9. The molecule has 0 aliphatic rings. The number of hydrogen-bond donors (Lipinski definition) is 1. The number of aliphatic hydroxyl groups excluding tert-OH is 1. The summed E-state index contributed by atoms with van der Waals surface area (Å²) in [4.78, 5) is 27.2. The lowest BCUT2D eigenvalue weighted by Crippen LogP contribution is -2.28. The Bertz CT molecular complexity index is 695. The van der Waals surface area contributed by atoms with Crippen molar-refractivity contribution in [3.05, 3.63) is 0 Å². The first kappa shape index (κ1) is 45.9. The molecule has 0 amide bonds. The van der Waals surface area contributed by atoms with Crippen LogP contribution in [0.1, 0.15) is 202 Å². The smallest absolute Gasteiger partial charge is 0.311 e. The Morgan fingerprint density at radius 1 is 0.596 bits per heavy atom. The summed E-state index contributed by atoms with van der Waals surface area (Å²) in [6.45, 7) is 15.6. The third-order valence-corrected chi connectivity index (χ3v) is 9.49. The highest BCUT2D eigenvalue weighted by atomic mass is 16.5. The number of rotatable bonds is 36. The summed E-state index contributed by atoms with van der Waals surface area (Å²) in [6.07, 6.45) is 29.5. The first-order chi connectivity index (χ1) is 22.7. The number of unbranched alkanes of at least 4 members (excludes halogenated alkanes) is 18. The largest absolute Gasteiger partial charge is 0.466 e. The molecule has 0 aromatic heterocycles. The van der Waals surface area contributed by atoms with Crippen molar-refractivity contribution in [1.29, 1.82) is 0 Å². The lowest BCUT2D eigenvalue weighted by atomic mass is 9.87. The molecule has 0 aromatic carbocycles. The zero-order chi connectivity index (χ0) is 34.9. The fraction of sp³-hybridized carbons (Fsp3) is 0.951. The Balaban J connectivity index is 3.92. The highest BCUT2D eigenvalue weighted by Gasteiger charge is 2.28. The number of nitrogens with zero attached hydrogens (tertiary/aromatic N) is 1. The summed E-state index contributed by atoms with van der Waals surface area (Å²) in [6, 6.07) is 0. The second kappa shape index (κ2) is 33.4. The molecule has 6 heteroatoms. The van der Waals surface area contributed by atoms with Crippen LogP contribution in [0.4, 0.5) is 0 Å². The van der Waals surface area contributed by atoms with E-state index in [0.29, 0.717) is 19.6 Å². The molecule has 0 saturated heterocycles. The van der Waals surface area contributed by atoms with E-state index in [-0.39, 0.29) is 18.5 Å². The van der Waals surface area contributed by atoms with Crippen LogP contribution in [0.15, 0.2) is 0 Å². The predicted molar refractivity (Wildman–Crippen MR) is 200 cm³/mol. The molecule has 0 fully saturated rings.